The topological polar surface area (TPSA) is 57.6 Å². The van der Waals surface area contributed by atoms with Crippen molar-refractivity contribution >= 4 is 33.3 Å². The number of unbranched alkanes of at least 4 members (excludes halogenated alkanes) is 2. The minimum absolute atomic E-state index is 0.0586. The molecule has 2 aromatic rings. The van der Waals surface area contributed by atoms with Gasteiger partial charge in [0, 0.05) is 16.3 Å². The number of hydrogen-bond donors (Lipinski definition) is 1. The molecule has 0 atom stereocenters. The SMILES string of the molecule is CCCCCN1c2ccccc2Sc2ccc(S(=O)(=O)O)cc21. The maximum atomic E-state index is 11.5. The summed E-state index contributed by atoms with van der Waals surface area (Å²) in [6.45, 7) is 2.98. The lowest BCUT2D eigenvalue weighted by atomic mass is 10.2. The van der Waals surface area contributed by atoms with Gasteiger partial charge in [0.05, 0.1) is 16.3 Å². The van der Waals surface area contributed by atoms with E-state index >= 15 is 0 Å². The van der Waals surface area contributed by atoms with Gasteiger partial charge in [0.2, 0.25) is 0 Å². The fourth-order valence-corrected chi connectivity index (χ4v) is 4.31. The van der Waals surface area contributed by atoms with Crippen LogP contribution in [0.3, 0.4) is 0 Å². The summed E-state index contributed by atoms with van der Waals surface area (Å²) in [5, 5.41) is 0. The summed E-state index contributed by atoms with van der Waals surface area (Å²) < 4.78 is 32.3. The third kappa shape index (κ3) is 3.39. The lowest BCUT2D eigenvalue weighted by Gasteiger charge is -2.33. The highest BCUT2D eigenvalue weighted by Gasteiger charge is 2.24. The summed E-state index contributed by atoms with van der Waals surface area (Å²) in [6.07, 6.45) is 3.28. The second kappa shape index (κ2) is 6.55. The Hall–Kier alpha value is -1.50. The van der Waals surface area contributed by atoms with Crippen molar-refractivity contribution in [1.29, 1.82) is 0 Å². The molecule has 0 radical (unpaired) electrons. The summed E-state index contributed by atoms with van der Waals surface area (Å²) in [7, 11) is -4.20. The first-order valence-corrected chi connectivity index (χ1v) is 9.92. The van der Waals surface area contributed by atoms with Crippen LogP contribution in [0.25, 0.3) is 0 Å². The molecule has 0 aliphatic carbocycles. The average molecular weight is 349 g/mol. The Labute approximate surface area is 141 Å². The Morgan fingerprint density at radius 1 is 1.04 bits per heavy atom. The van der Waals surface area contributed by atoms with Gasteiger partial charge in [-0.1, -0.05) is 43.7 Å². The van der Waals surface area contributed by atoms with Gasteiger partial charge in [0.15, 0.2) is 0 Å². The molecule has 0 amide bonds. The van der Waals surface area contributed by atoms with Gasteiger partial charge in [-0.3, -0.25) is 4.55 Å². The van der Waals surface area contributed by atoms with Crippen molar-refractivity contribution in [3.8, 4) is 0 Å². The normalized spacial score (nSPS) is 13.6. The van der Waals surface area contributed by atoms with Crippen molar-refractivity contribution in [2.45, 2.75) is 40.9 Å². The third-order valence-corrected chi connectivity index (χ3v) is 5.86. The predicted molar refractivity (Wildman–Crippen MR) is 93.4 cm³/mol. The van der Waals surface area contributed by atoms with Crippen LogP contribution < -0.4 is 4.90 Å². The Balaban J connectivity index is 2.06. The summed E-state index contributed by atoms with van der Waals surface area (Å²) in [4.78, 5) is 4.27. The van der Waals surface area contributed by atoms with Crippen LogP contribution in [0.15, 0.2) is 57.2 Å². The van der Waals surface area contributed by atoms with Crippen molar-refractivity contribution in [2.24, 2.45) is 0 Å². The minimum Gasteiger partial charge on any atom is -0.340 e. The van der Waals surface area contributed by atoms with Gasteiger partial charge >= 0.3 is 0 Å². The summed E-state index contributed by atoms with van der Waals surface area (Å²) in [5.41, 5.74) is 1.94. The smallest absolute Gasteiger partial charge is 0.294 e. The molecule has 0 bridgehead atoms. The van der Waals surface area contributed by atoms with Crippen molar-refractivity contribution in [3.63, 3.8) is 0 Å². The minimum atomic E-state index is -4.20. The van der Waals surface area contributed by atoms with Gasteiger partial charge in [0.1, 0.15) is 0 Å². The largest absolute Gasteiger partial charge is 0.340 e. The molecular formula is C17H19NO3S2. The zero-order valence-electron chi connectivity index (χ0n) is 12.9. The molecule has 0 saturated heterocycles. The maximum Gasteiger partial charge on any atom is 0.294 e. The molecule has 3 rings (SSSR count). The van der Waals surface area contributed by atoms with E-state index in [2.05, 4.69) is 24.0 Å². The molecule has 1 heterocycles. The number of benzene rings is 2. The molecule has 1 aliphatic heterocycles. The lowest BCUT2D eigenvalue weighted by molar-refractivity contribution is 0.483. The number of rotatable bonds is 5. The van der Waals surface area contributed by atoms with Crippen LogP contribution in [-0.2, 0) is 10.1 Å². The van der Waals surface area contributed by atoms with E-state index in [9.17, 15) is 13.0 Å². The Bertz CT molecular complexity index is 818. The van der Waals surface area contributed by atoms with Gasteiger partial charge in [-0.2, -0.15) is 8.42 Å². The first-order chi connectivity index (χ1) is 11.0. The molecule has 1 N–H and O–H groups in total. The molecule has 122 valence electrons. The van der Waals surface area contributed by atoms with Gasteiger partial charge < -0.3 is 4.90 Å². The van der Waals surface area contributed by atoms with Crippen LogP contribution in [0, 0.1) is 0 Å². The van der Waals surface area contributed by atoms with Crippen molar-refractivity contribution in [1.82, 2.24) is 0 Å². The zero-order valence-corrected chi connectivity index (χ0v) is 14.5. The number of anilines is 2. The van der Waals surface area contributed by atoms with Crippen molar-refractivity contribution in [2.75, 3.05) is 11.4 Å². The van der Waals surface area contributed by atoms with E-state index in [1.165, 1.54) is 6.07 Å². The molecule has 0 unspecified atom stereocenters. The molecule has 1 aliphatic rings. The zero-order chi connectivity index (χ0) is 16.4. The van der Waals surface area contributed by atoms with Crippen LogP contribution >= 0.6 is 11.8 Å². The number of fused-ring (bicyclic) bond motifs is 2. The molecule has 23 heavy (non-hydrogen) atoms. The van der Waals surface area contributed by atoms with Crippen molar-refractivity contribution < 1.29 is 13.0 Å². The highest BCUT2D eigenvalue weighted by molar-refractivity contribution is 7.99. The second-order valence-corrected chi connectivity index (χ2v) is 8.04. The molecule has 6 heteroatoms. The van der Waals surface area contributed by atoms with E-state index in [-0.39, 0.29) is 4.90 Å². The maximum absolute atomic E-state index is 11.5. The van der Waals surface area contributed by atoms with Crippen LogP contribution in [0.1, 0.15) is 26.2 Å². The first kappa shape index (κ1) is 16.4. The second-order valence-electron chi connectivity index (χ2n) is 5.53. The van der Waals surface area contributed by atoms with Gasteiger partial charge in [-0.05, 0) is 36.8 Å². The van der Waals surface area contributed by atoms with Crippen LogP contribution in [0.5, 0.6) is 0 Å². The van der Waals surface area contributed by atoms with Gasteiger partial charge in [0.25, 0.3) is 10.1 Å². The monoisotopic (exact) mass is 349 g/mol. The average Bonchev–Trinajstić information content (AvgIpc) is 2.53. The van der Waals surface area contributed by atoms with E-state index in [1.807, 2.05) is 12.1 Å². The quantitative estimate of drug-likeness (QED) is 0.625. The van der Waals surface area contributed by atoms with Crippen LogP contribution in [-0.4, -0.2) is 19.5 Å². The fraction of sp³-hybridized carbons (Fsp3) is 0.294. The number of nitrogens with zero attached hydrogens (tertiary/aromatic N) is 1. The molecule has 2 aromatic carbocycles. The van der Waals surface area contributed by atoms with Crippen LogP contribution in [0.4, 0.5) is 11.4 Å². The van der Waals surface area contributed by atoms with E-state index < -0.39 is 10.1 Å². The molecule has 0 fully saturated rings. The Morgan fingerprint density at radius 3 is 2.52 bits per heavy atom. The van der Waals surface area contributed by atoms with Crippen molar-refractivity contribution in [3.05, 3.63) is 42.5 Å². The number of para-hydroxylation sites is 1. The lowest BCUT2D eigenvalue weighted by Crippen LogP contribution is -2.22. The highest BCUT2D eigenvalue weighted by atomic mass is 32.2. The first-order valence-electron chi connectivity index (χ1n) is 7.66. The number of hydrogen-bond acceptors (Lipinski definition) is 4. The predicted octanol–water partition coefficient (Wildman–Crippen LogP) is 4.73. The highest BCUT2D eigenvalue weighted by Crippen LogP contribution is 2.48. The summed E-state index contributed by atoms with van der Waals surface area (Å²) in [6, 6.07) is 12.9. The standard InChI is InChI=1S/C17H19NO3S2/c1-2-3-6-11-18-14-7-4-5-8-16(14)22-17-10-9-13(12-15(17)18)23(19,20)21/h4-5,7-10,12H,2-3,6,11H2,1H3,(H,19,20,21). The molecule has 4 nitrogen and oxygen atoms in total. The molecule has 0 aromatic heterocycles. The van der Waals surface area contributed by atoms with E-state index in [1.54, 1.807) is 23.9 Å². The Kier molecular flexibility index (Phi) is 4.66. The summed E-state index contributed by atoms with van der Waals surface area (Å²) in [5.74, 6) is 0. The third-order valence-electron chi connectivity index (χ3n) is 3.88. The molecule has 0 spiro atoms. The van der Waals surface area contributed by atoms with E-state index in [4.69, 9.17) is 0 Å². The fourth-order valence-electron chi connectivity index (χ4n) is 2.73. The van der Waals surface area contributed by atoms with Gasteiger partial charge in [-0.15, -0.1) is 0 Å². The summed E-state index contributed by atoms with van der Waals surface area (Å²) >= 11 is 1.63. The molecular weight excluding hydrogens is 330 g/mol. The van der Waals surface area contributed by atoms with E-state index in [0.717, 1.165) is 47.0 Å². The van der Waals surface area contributed by atoms with Crippen LogP contribution in [0.2, 0.25) is 0 Å². The molecule has 0 saturated carbocycles. The Morgan fingerprint density at radius 2 is 1.78 bits per heavy atom. The van der Waals surface area contributed by atoms with E-state index in [0.29, 0.717) is 0 Å². The van der Waals surface area contributed by atoms with Gasteiger partial charge in [-0.25, -0.2) is 0 Å².